The van der Waals surface area contributed by atoms with E-state index < -0.39 is 12.1 Å². The monoisotopic (exact) mass is 187 g/mol. The molecule has 3 N–H and O–H groups in total. The minimum absolute atomic E-state index is 0.178. The van der Waals surface area contributed by atoms with Crippen LogP contribution in [0.5, 0.6) is 0 Å². The second-order valence-corrected chi connectivity index (χ2v) is 2.73. The van der Waals surface area contributed by atoms with Crippen LogP contribution in [0, 0.1) is 0 Å². The zero-order valence-corrected chi connectivity index (χ0v) is 8.03. The largest absolute Gasteiger partial charge is 0.394 e. The molecule has 0 aromatic carbocycles. The van der Waals surface area contributed by atoms with Gasteiger partial charge in [-0.1, -0.05) is 19.1 Å². The maximum absolute atomic E-state index is 10.9. The van der Waals surface area contributed by atoms with E-state index >= 15 is 0 Å². The summed E-state index contributed by atoms with van der Waals surface area (Å²) in [5.41, 5.74) is 0. The fourth-order valence-electron chi connectivity index (χ4n) is 0.879. The molecule has 2 atom stereocenters. The fourth-order valence-corrected chi connectivity index (χ4v) is 0.879. The van der Waals surface area contributed by atoms with Crippen LogP contribution in [0.3, 0.4) is 0 Å². The highest BCUT2D eigenvalue weighted by atomic mass is 16.3. The van der Waals surface area contributed by atoms with Crippen molar-refractivity contribution in [2.45, 2.75) is 32.4 Å². The highest BCUT2D eigenvalue weighted by molar-refractivity contribution is 5.75. The van der Waals surface area contributed by atoms with Crippen LogP contribution in [-0.4, -0.2) is 34.9 Å². The zero-order chi connectivity index (χ0) is 10.3. The Morgan fingerprint density at radius 1 is 1.62 bits per heavy atom. The van der Waals surface area contributed by atoms with Crippen LogP contribution in [-0.2, 0) is 4.79 Å². The molecule has 0 aliphatic heterocycles. The Bertz CT molecular complexity index is 180. The lowest BCUT2D eigenvalue weighted by Crippen LogP contribution is -2.44. The number of hydrogen-bond donors (Lipinski definition) is 3. The van der Waals surface area contributed by atoms with Crippen LogP contribution in [0.1, 0.15) is 20.3 Å². The molecule has 0 aliphatic rings. The average Bonchev–Trinajstić information content (AvgIpc) is 2.14. The van der Waals surface area contributed by atoms with Gasteiger partial charge in [-0.05, 0) is 6.92 Å². The van der Waals surface area contributed by atoms with Crippen molar-refractivity contribution in [3.63, 3.8) is 0 Å². The molecule has 4 heteroatoms. The number of allylic oxidation sites excluding steroid dienone is 1. The SMILES string of the molecule is CC=C[C@@H](O)[C@H](CO)NC(=O)CC. The molecular weight excluding hydrogens is 170 g/mol. The molecule has 0 aliphatic carbocycles. The summed E-state index contributed by atoms with van der Waals surface area (Å²) >= 11 is 0. The molecule has 0 spiro atoms. The van der Waals surface area contributed by atoms with Crippen molar-refractivity contribution < 1.29 is 15.0 Å². The predicted octanol–water partition coefficient (Wildman–Crippen LogP) is -0.190. The number of aliphatic hydroxyl groups is 2. The van der Waals surface area contributed by atoms with E-state index in [1.807, 2.05) is 0 Å². The standard InChI is InChI=1S/C9H17NO3/c1-3-5-8(12)7(6-11)10-9(13)4-2/h3,5,7-8,11-12H,4,6H2,1-2H3,(H,10,13)/t7-,8+/m0/s1. The molecule has 0 rings (SSSR count). The van der Waals surface area contributed by atoms with Gasteiger partial charge in [-0.25, -0.2) is 0 Å². The number of nitrogens with one attached hydrogen (secondary N) is 1. The molecule has 0 unspecified atom stereocenters. The van der Waals surface area contributed by atoms with E-state index in [2.05, 4.69) is 5.32 Å². The van der Waals surface area contributed by atoms with E-state index in [4.69, 9.17) is 5.11 Å². The third-order valence-electron chi connectivity index (χ3n) is 1.67. The van der Waals surface area contributed by atoms with E-state index in [1.54, 1.807) is 19.9 Å². The lowest BCUT2D eigenvalue weighted by molar-refractivity contribution is -0.122. The maximum atomic E-state index is 10.9. The first-order valence-corrected chi connectivity index (χ1v) is 4.36. The predicted molar refractivity (Wildman–Crippen MR) is 50.1 cm³/mol. The van der Waals surface area contributed by atoms with Crippen molar-refractivity contribution in [2.24, 2.45) is 0 Å². The Morgan fingerprint density at radius 2 is 2.23 bits per heavy atom. The Labute approximate surface area is 78.3 Å². The first-order chi connectivity index (χ1) is 6.15. The van der Waals surface area contributed by atoms with Crippen LogP contribution in [0.2, 0.25) is 0 Å². The quantitative estimate of drug-likeness (QED) is 0.522. The number of rotatable bonds is 5. The Balaban J connectivity index is 4.08. The molecule has 0 bridgehead atoms. The highest BCUT2D eigenvalue weighted by Crippen LogP contribution is 1.95. The number of hydrogen-bond acceptors (Lipinski definition) is 3. The van der Waals surface area contributed by atoms with Crippen LogP contribution in [0.25, 0.3) is 0 Å². The summed E-state index contributed by atoms with van der Waals surface area (Å²) in [6.07, 6.45) is 2.71. The highest BCUT2D eigenvalue weighted by Gasteiger charge is 2.16. The van der Waals surface area contributed by atoms with Gasteiger partial charge in [0.05, 0.1) is 18.8 Å². The fraction of sp³-hybridized carbons (Fsp3) is 0.667. The second kappa shape index (κ2) is 6.62. The van der Waals surface area contributed by atoms with Crippen LogP contribution in [0.4, 0.5) is 0 Å². The van der Waals surface area contributed by atoms with Gasteiger partial charge < -0.3 is 15.5 Å². The molecule has 0 heterocycles. The summed E-state index contributed by atoms with van der Waals surface area (Å²) in [6, 6.07) is -0.608. The van der Waals surface area contributed by atoms with Gasteiger partial charge in [0, 0.05) is 6.42 Å². The van der Waals surface area contributed by atoms with Gasteiger partial charge in [0.2, 0.25) is 5.91 Å². The van der Waals surface area contributed by atoms with Crippen molar-refractivity contribution in [1.82, 2.24) is 5.32 Å². The normalized spacial score (nSPS) is 15.7. The number of amides is 1. The Hall–Kier alpha value is -0.870. The summed E-state index contributed by atoms with van der Waals surface area (Å²) in [7, 11) is 0. The summed E-state index contributed by atoms with van der Waals surface area (Å²) in [5, 5.41) is 20.8. The smallest absolute Gasteiger partial charge is 0.220 e. The minimum Gasteiger partial charge on any atom is -0.394 e. The van der Waals surface area contributed by atoms with Gasteiger partial charge in [-0.2, -0.15) is 0 Å². The number of carbonyl (C=O) groups excluding carboxylic acids is 1. The molecule has 13 heavy (non-hydrogen) atoms. The molecule has 0 aromatic rings. The van der Waals surface area contributed by atoms with E-state index in [0.717, 1.165) is 0 Å². The van der Waals surface area contributed by atoms with Gasteiger partial charge in [0.15, 0.2) is 0 Å². The van der Waals surface area contributed by atoms with Crippen LogP contribution in [0.15, 0.2) is 12.2 Å². The maximum Gasteiger partial charge on any atom is 0.220 e. The molecule has 0 fully saturated rings. The summed E-state index contributed by atoms with van der Waals surface area (Å²) in [5.74, 6) is -0.178. The first kappa shape index (κ1) is 12.1. The Kier molecular flexibility index (Phi) is 6.18. The lowest BCUT2D eigenvalue weighted by Gasteiger charge is -2.19. The second-order valence-electron chi connectivity index (χ2n) is 2.73. The van der Waals surface area contributed by atoms with Crippen molar-refractivity contribution in [3.8, 4) is 0 Å². The molecule has 1 amide bonds. The zero-order valence-electron chi connectivity index (χ0n) is 8.03. The molecule has 76 valence electrons. The number of carbonyl (C=O) groups is 1. The topological polar surface area (TPSA) is 69.6 Å². The minimum atomic E-state index is -0.828. The first-order valence-electron chi connectivity index (χ1n) is 4.36. The third kappa shape index (κ3) is 4.65. The molecule has 0 aromatic heterocycles. The summed E-state index contributed by atoms with van der Waals surface area (Å²) < 4.78 is 0. The molecule has 0 saturated heterocycles. The summed E-state index contributed by atoms with van der Waals surface area (Å²) in [6.45, 7) is 3.21. The van der Waals surface area contributed by atoms with Gasteiger partial charge in [-0.15, -0.1) is 0 Å². The van der Waals surface area contributed by atoms with Crippen LogP contribution >= 0.6 is 0 Å². The van der Waals surface area contributed by atoms with Crippen LogP contribution < -0.4 is 5.32 Å². The van der Waals surface area contributed by atoms with Gasteiger partial charge in [0.25, 0.3) is 0 Å². The molecule has 0 saturated carbocycles. The Morgan fingerprint density at radius 3 is 2.62 bits per heavy atom. The van der Waals surface area contributed by atoms with E-state index in [1.165, 1.54) is 6.08 Å². The average molecular weight is 187 g/mol. The third-order valence-corrected chi connectivity index (χ3v) is 1.67. The molecular formula is C9H17NO3. The number of aliphatic hydroxyl groups excluding tert-OH is 2. The lowest BCUT2D eigenvalue weighted by atomic mass is 10.1. The van der Waals surface area contributed by atoms with Crippen molar-refractivity contribution in [1.29, 1.82) is 0 Å². The molecule has 4 nitrogen and oxygen atoms in total. The van der Waals surface area contributed by atoms with Crippen molar-refractivity contribution in [2.75, 3.05) is 6.61 Å². The molecule has 0 radical (unpaired) electrons. The van der Waals surface area contributed by atoms with E-state index in [0.29, 0.717) is 6.42 Å². The van der Waals surface area contributed by atoms with Gasteiger partial charge >= 0.3 is 0 Å². The van der Waals surface area contributed by atoms with E-state index in [-0.39, 0.29) is 12.5 Å². The summed E-state index contributed by atoms with van der Waals surface area (Å²) in [4.78, 5) is 10.9. The van der Waals surface area contributed by atoms with Gasteiger partial charge in [0.1, 0.15) is 0 Å². The van der Waals surface area contributed by atoms with Crippen molar-refractivity contribution >= 4 is 5.91 Å². The van der Waals surface area contributed by atoms with Gasteiger partial charge in [-0.3, -0.25) is 4.79 Å². The van der Waals surface area contributed by atoms with E-state index in [9.17, 15) is 9.90 Å². The van der Waals surface area contributed by atoms with Crippen molar-refractivity contribution in [3.05, 3.63) is 12.2 Å².